The Kier molecular flexibility index (Phi) is 7.13. The van der Waals surface area contributed by atoms with E-state index in [9.17, 15) is 9.59 Å². The average Bonchev–Trinajstić information content (AvgIpc) is 3.16. The summed E-state index contributed by atoms with van der Waals surface area (Å²) in [4.78, 5) is 28.2. The standard InChI is InChI=1S/C20H27BrN4O4/c1-4-25-19(18(21)14(2)22-25)20(27)24-9-5-8-23(10-11-24)12-16-6-7-17(29-16)13-28-15(3)26/h6-7H,4-5,8-13H2,1-3H3. The molecule has 0 radical (unpaired) electrons. The lowest BCUT2D eigenvalue weighted by Crippen LogP contribution is -2.36. The highest BCUT2D eigenvalue weighted by molar-refractivity contribution is 9.10. The van der Waals surface area contributed by atoms with E-state index in [1.807, 2.05) is 30.9 Å². The Morgan fingerprint density at radius 2 is 1.97 bits per heavy atom. The summed E-state index contributed by atoms with van der Waals surface area (Å²) >= 11 is 3.52. The molecular formula is C20H27BrN4O4. The molecule has 0 bridgehead atoms. The largest absolute Gasteiger partial charge is 0.461 e. The minimum absolute atomic E-state index is 0.0165. The predicted octanol–water partition coefficient (Wildman–Crippen LogP) is 2.98. The lowest BCUT2D eigenvalue weighted by molar-refractivity contribution is -0.142. The number of rotatable bonds is 6. The van der Waals surface area contributed by atoms with Crippen LogP contribution in [0.4, 0.5) is 0 Å². The Balaban J connectivity index is 1.59. The van der Waals surface area contributed by atoms with Crippen molar-refractivity contribution in [3.8, 4) is 0 Å². The number of hydrogen-bond donors (Lipinski definition) is 0. The number of amides is 1. The number of furan rings is 1. The van der Waals surface area contributed by atoms with E-state index in [4.69, 9.17) is 9.15 Å². The summed E-state index contributed by atoms with van der Waals surface area (Å²) < 4.78 is 13.3. The number of nitrogens with zero attached hydrogens (tertiary/aromatic N) is 4. The van der Waals surface area contributed by atoms with E-state index in [2.05, 4.69) is 25.9 Å². The maximum atomic E-state index is 13.1. The highest BCUT2D eigenvalue weighted by Crippen LogP contribution is 2.23. The van der Waals surface area contributed by atoms with Crippen molar-refractivity contribution in [2.24, 2.45) is 0 Å². The molecule has 0 saturated carbocycles. The van der Waals surface area contributed by atoms with Crippen molar-refractivity contribution in [2.45, 2.75) is 46.9 Å². The van der Waals surface area contributed by atoms with Gasteiger partial charge in [0.2, 0.25) is 0 Å². The number of carbonyl (C=O) groups excluding carboxylic acids is 2. The number of ether oxygens (including phenoxy) is 1. The number of halogens is 1. The topological polar surface area (TPSA) is 80.8 Å². The van der Waals surface area contributed by atoms with Gasteiger partial charge in [-0.05, 0) is 48.3 Å². The first-order chi connectivity index (χ1) is 13.9. The van der Waals surface area contributed by atoms with Crippen LogP contribution >= 0.6 is 15.9 Å². The van der Waals surface area contributed by atoms with Gasteiger partial charge >= 0.3 is 5.97 Å². The van der Waals surface area contributed by atoms with Crippen molar-refractivity contribution in [3.63, 3.8) is 0 Å². The normalized spacial score (nSPS) is 15.4. The Labute approximate surface area is 178 Å². The maximum Gasteiger partial charge on any atom is 0.303 e. The van der Waals surface area contributed by atoms with Crippen LogP contribution in [-0.4, -0.2) is 57.6 Å². The molecule has 29 heavy (non-hydrogen) atoms. The summed E-state index contributed by atoms with van der Waals surface area (Å²) in [6.45, 7) is 9.75. The third-order valence-electron chi connectivity index (χ3n) is 4.95. The van der Waals surface area contributed by atoms with Gasteiger partial charge in [-0.2, -0.15) is 5.10 Å². The number of aromatic nitrogens is 2. The molecular weight excluding hydrogens is 440 g/mol. The molecule has 158 valence electrons. The predicted molar refractivity (Wildman–Crippen MR) is 110 cm³/mol. The summed E-state index contributed by atoms with van der Waals surface area (Å²) in [5.74, 6) is 1.15. The van der Waals surface area contributed by atoms with Gasteiger partial charge in [0.1, 0.15) is 23.8 Å². The molecule has 2 aromatic rings. The van der Waals surface area contributed by atoms with Crippen LogP contribution in [0.2, 0.25) is 0 Å². The van der Waals surface area contributed by atoms with Crippen LogP contribution in [0.3, 0.4) is 0 Å². The van der Waals surface area contributed by atoms with Gasteiger partial charge in [-0.1, -0.05) is 0 Å². The first-order valence-corrected chi connectivity index (χ1v) is 10.6. The highest BCUT2D eigenvalue weighted by atomic mass is 79.9. The van der Waals surface area contributed by atoms with Gasteiger partial charge in [0.25, 0.3) is 5.91 Å². The average molecular weight is 467 g/mol. The van der Waals surface area contributed by atoms with Crippen LogP contribution in [0, 0.1) is 6.92 Å². The molecule has 0 atom stereocenters. The van der Waals surface area contributed by atoms with Gasteiger partial charge in [-0.15, -0.1) is 0 Å². The van der Waals surface area contributed by atoms with Gasteiger partial charge in [0.15, 0.2) is 0 Å². The Bertz CT molecular complexity index is 876. The van der Waals surface area contributed by atoms with E-state index in [1.165, 1.54) is 6.92 Å². The van der Waals surface area contributed by atoms with Crippen molar-refractivity contribution in [1.82, 2.24) is 19.6 Å². The molecule has 1 fully saturated rings. The molecule has 0 N–H and O–H groups in total. The Morgan fingerprint density at radius 3 is 2.69 bits per heavy atom. The van der Waals surface area contributed by atoms with Gasteiger partial charge < -0.3 is 14.1 Å². The summed E-state index contributed by atoms with van der Waals surface area (Å²) in [5, 5.41) is 4.44. The molecule has 1 aliphatic heterocycles. The van der Waals surface area contributed by atoms with Gasteiger partial charge in [0, 0.05) is 39.6 Å². The second-order valence-electron chi connectivity index (χ2n) is 7.13. The molecule has 0 aromatic carbocycles. The zero-order valence-electron chi connectivity index (χ0n) is 17.1. The summed E-state index contributed by atoms with van der Waals surface area (Å²) in [5.41, 5.74) is 1.45. The number of carbonyl (C=O) groups is 2. The van der Waals surface area contributed by atoms with E-state index in [0.29, 0.717) is 37.6 Å². The molecule has 2 aromatic heterocycles. The number of hydrogen-bond acceptors (Lipinski definition) is 6. The minimum atomic E-state index is -0.327. The lowest BCUT2D eigenvalue weighted by atomic mass is 10.3. The van der Waals surface area contributed by atoms with Gasteiger partial charge in [0.05, 0.1) is 16.7 Å². The second-order valence-corrected chi connectivity index (χ2v) is 7.93. The van der Waals surface area contributed by atoms with E-state index >= 15 is 0 Å². The van der Waals surface area contributed by atoms with Crippen LogP contribution in [0.25, 0.3) is 0 Å². The fourth-order valence-electron chi connectivity index (χ4n) is 3.45. The van der Waals surface area contributed by atoms with Crippen LogP contribution in [0.15, 0.2) is 21.0 Å². The summed E-state index contributed by atoms with van der Waals surface area (Å²) in [7, 11) is 0. The zero-order valence-corrected chi connectivity index (χ0v) is 18.7. The Morgan fingerprint density at radius 1 is 1.21 bits per heavy atom. The summed E-state index contributed by atoms with van der Waals surface area (Å²) in [6, 6.07) is 3.74. The number of aryl methyl sites for hydroxylation is 2. The van der Waals surface area contributed by atoms with E-state index in [1.54, 1.807) is 4.68 Å². The minimum Gasteiger partial charge on any atom is -0.461 e. The molecule has 9 heteroatoms. The Hall–Kier alpha value is -2.13. The molecule has 3 rings (SSSR count). The zero-order chi connectivity index (χ0) is 21.0. The summed E-state index contributed by atoms with van der Waals surface area (Å²) in [6.07, 6.45) is 0.892. The van der Waals surface area contributed by atoms with Crippen molar-refractivity contribution < 1.29 is 18.7 Å². The number of esters is 1. The van der Waals surface area contributed by atoms with Crippen molar-refractivity contribution >= 4 is 27.8 Å². The first-order valence-electron chi connectivity index (χ1n) is 9.84. The molecule has 8 nitrogen and oxygen atoms in total. The molecule has 1 aliphatic rings. The molecule has 3 heterocycles. The highest BCUT2D eigenvalue weighted by Gasteiger charge is 2.26. The molecule has 1 saturated heterocycles. The SMILES string of the molecule is CCn1nc(C)c(Br)c1C(=O)N1CCCN(Cc2ccc(COC(C)=O)o2)CC1. The van der Waals surface area contributed by atoms with Crippen LogP contribution in [-0.2, 0) is 29.2 Å². The fraction of sp³-hybridized carbons (Fsp3) is 0.550. The van der Waals surface area contributed by atoms with Crippen LogP contribution in [0.5, 0.6) is 0 Å². The quantitative estimate of drug-likeness (QED) is 0.608. The van der Waals surface area contributed by atoms with E-state index < -0.39 is 0 Å². The lowest BCUT2D eigenvalue weighted by Gasteiger charge is -2.22. The van der Waals surface area contributed by atoms with E-state index in [0.717, 1.165) is 35.4 Å². The third kappa shape index (κ3) is 5.27. The van der Waals surface area contributed by atoms with Gasteiger partial charge in [-0.3, -0.25) is 19.2 Å². The van der Waals surface area contributed by atoms with Crippen molar-refractivity contribution in [2.75, 3.05) is 26.2 Å². The molecule has 0 unspecified atom stereocenters. The first kappa shape index (κ1) is 21.6. The van der Waals surface area contributed by atoms with Crippen LogP contribution < -0.4 is 0 Å². The van der Waals surface area contributed by atoms with E-state index in [-0.39, 0.29) is 18.5 Å². The molecule has 0 spiro atoms. The molecule has 0 aliphatic carbocycles. The second kappa shape index (κ2) is 9.58. The third-order valence-corrected chi connectivity index (χ3v) is 5.90. The fourth-order valence-corrected chi connectivity index (χ4v) is 3.91. The maximum absolute atomic E-state index is 13.1. The van der Waals surface area contributed by atoms with Crippen LogP contribution in [0.1, 0.15) is 48.0 Å². The van der Waals surface area contributed by atoms with Crippen molar-refractivity contribution in [3.05, 3.63) is 39.5 Å². The smallest absolute Gasteiger partial charge is 0.303 e. The molecule has 1 amide bonds. The van der Waals surface area contributed by atoms with Gasteiger partial charge in [-0.25, -0.2) is 0 Å². The van der Waals surface area contributed by atoms with Crippen molar-refractivity contribution in [1.29, 1.82) is 0 Å². The monoisotopic (exact) mass is 466 g/mol.